The minimum absolute atomic E-state index is 0.361. The number of benzene rings is 1. The minimum atomic E-state index is -2.58. The van der Waals surface area contributed by atoms with Crippen molar-refractivity contribution in [3.63, 3.8) is 0 Å². The average Bonchev–Trinajstić information content (AvgIpc) is 3.17. The molecule has 0 amide bonds. The van der Waals surface area contributed by atoms with Crippen molar-refractivity contribution in [3.05, 3.63) is 54.5 Å². The van der Waals surface area contributed by atoms with Crippen LogP contribution in [0.2, 0.25) is 0 Å². The summed E-state index contributed by atoms with van der Waals surface area (Å²) in [4.78, 5) is 14.2. The summed E-state index contributed by atoms with van der Waals surface area (Å²) in [7, 11) is -0.484. The molecule has 0 unspecified atom stereocenters. The van der Waals surface area contributed by atoms with E-state index >= 15 is 0 Å². The van der Waals surface area contributed by atoms with Gasteiger partial charge < -0.3 is 9.88 Å². The zero-order valence-corrected chi connectivity index (χ0v) is 17.0. The third-order valence-electron chi connectivity index (χ3n) is 5.78. The first-order chi connectivity index (χ1) is 13.5. The van der Waals surface area contributed by atoms with Gasteiger partial charge >= 0.3 is 0 Å². The predicted molar refractivity (Wildman–Crippen MR) is 114 cm³/mol. The molecule has 1 saturated carbocycles. The van der Waals surface area contributed by atoms with E-state index < -0.39 is 9.73 Å². The van der Waals surface area contributed by atoms with Crippen molar-refractivity contribution in [2.75, 3.05) is 17.7 Å². The Morgan fingerprint density at radius 1 is 1.14 bits per heavy atom. The fourth-order valence-corrected chi connectivity index (χ4v) is 6.24. The molecule has 28 heavy (non-hydrogen) atoms. The maximum atomic E-state index is 12.8. The highest BCUT2D eigenvalue weighted by Crippen LogP contribution is 2.32. The van der Waals surface area contributed by atoms with Crippen LogP contribution < -0.4 is 4.90 Å². The van der Waals surface area contributed by atoms with Crippen molar-refractivity contribution in [1.82, 2.24) is 15.0 Å². The van der Waals surface area contributed by atoms with Crippen LogP contribution in [0.15, 0.2) is 48.9 Å². The Bertz CT molecular complexity index is 1020. The minimum Gasteiger partial charge on any atom is -0.356 e. The Kier molecular flexibility index (Phi) is 5.35. The molecule has 0 bridgehead atoms. The Morgan fingerprint density at radius 2 is 1.89 bits per heavy atom. The van der Waals surface area contributed by atoms with Crippen LogP contribution in [0.3, 0.4) is 0 Å². The lowest BCUT2D eigenvalue weighted by molar-refractivity contribution is 0.342. The molecule has 1 atom stereocenters. The first kappa shape index (κ1) is 18.9. The second kappa shape index (κ2) is 7.91. The lowest BCUT2D eigenvalue weighted by atomic mass is 9.86. The van der Waals surface area contributed by atoms with Crippen molar-refractivity contribution in [3.8, 4) is 0 Å². The molecule has 6 nitrogen and oxygen atoms in total. The third-order valence-corrected chi connectivity index (χ3v) is 7.59. The number of aromatic amines is 1. The maximum absolute atomic E-state index is 12.8. The summed E-state index contributed by atoms with van der Waals surface area (Å²) < 4.78 is 21.2. The number of hydrogen-bond donors (Lipinski definition) is 2. The fourth-order valence-electron chi connectivity index (χ4n) is 4.29. The number of aromatic nitrogens is 3. The van der Waals surface area contributed by atoms with Gasteiger partial charge in [0.2, 0.25) is 0 Å². The van der Waals surface area contributed by atoms with Gasteiger partial charge in [-0.05, 0) is 43.2 Å². The molecule has 148 valence electrons. The average molecular weight is 398 g/mol. The molecule has 1 aromatic carbocycles. The molecule has 1 aliphatic carbocycles. The molecule has 2 heterocycles. The Hall–Kier alpha value is -2.41. The van der Waals surface area contributed by atoms with Crippen LogP contribution in [0.1, 0.15) is 31.2 Å². The van der Waals surface area contributed by atoms with Crippen molar-refractivity contribution in [2.24, 2.45) is 5.92 Å². The molecule has 7 heteroatoms. The van der Waals surface area contributed by atoms with Crippen LogP contribution in [-0.2, 0) is 15.5 Å². The van der Waals surface area contributed by atoms with Crippen LogP contribution in [-0.4, -0.2) is 38.0 Å². The van der Waals surface area contributed by atoms with Gasteiger partial charge in [-0.1, -0.05) is 30.3 Å². The SMILES string of the molecule is CN(c1ncnc2[nH]ccc12)C1CCC(C[S@@](=N)(=O)Cc2ccccc2)CC1. The van der Waals surface area contributed by atoms with E-state index in [0.29, 0.717) is 23.5 Å². The van der Waals surface area contributed by atoms with Gasteiger partial charge in [-0.25, -0.2) is 14.2 Å². The molecule has 0 spiro atoms. The zero-order valence-electron chi connectivity index (χ0n) is 16.2. The number of hydrogen-bond acceptors (Lipinski definition) is 5. The highest BCUT2D eigenvalue weighted by molar-refractivity contribution is 7.91. The Labute approximate surface area is 166 Å². The zero-order chi connectivity index (χ0) is 19.6. The summed E-state index contributed by atoms with van der Waals surface area (Å²) in [5, 5.41) is 1.05. The lowest BCUT2D eigenvalue weighted by Crippen LogP contribution is -2.37. The number of nitrogens with zero attached hydrogens (tertiary/aromatic N) is 3. The summed E-state index contributed by atoms with van der Waals surface area (Å²) in [6.07, 6.45) is 7.61. The number of H-pyrrole nitrogens is 1. The summed E-state index contributed by atoms with van der Waals surface area (Å²) >= 11 is 0. The summed E-state index contributed by atoms with van der Waals surface area (Å²) in [5.41, 5.74) is 1.86. The molecular weight excluding hydrogens is 370 g/mol. The third kappa shape index (κ3) is 4.19. The number of nitrogens with one attached hydrogen (secondary N) is 2. The molecule has 4 rings (SSSR count). The van der Waals surface area contributed by atoms with Gasteiger partial charge in [0.05, 0.1) is 11.1 Å². The van der Waals surface area contributed by atoms with E-state index in [0.717, 1.165) is 48.1 Å². The van der Waals surface area contributed by atoms with E-state index in [1.165, 1.54) is 0 Å². The molecule has 2 aromatic heterocycles. The summed E-state index contributed by atoms with van der Waals surface area (Å²) in [6, 6.07) is 12.2. The van der Waals surface area contributed by atoms with Crippen molar-refractivity contribution < 1.29 is 4.21 Å². The summed E-state index contributed by atoms with van der Waals surface area (Å²) in [5.74, 6) is 2.20. The molecule has 2 N–H and O–H groups in total. The second-order valence-corrected chi connectivity index (χ2v) is 10.1. The number of fused-ring (bicyclic) bond motifs is 1. The van der Waals surface area contributed by atoms with Crippen molar-refractivity contribution >= 4 is 26.6 Å². The van der Waals surface area contributed by atoms with Gasteiger partial charge in [0.1, 0.15) is 17.8 Å². The van der Waals surface area contributed by atoms with E-state index in [9.17, 15) is 4.21 Å². The van der Waals surface area contributed by atoms with Crippen LogP contribution >= 0.6 is 0 Å². The van der Waals surface area contributed by atoms with Crippen LogP contribution in [0, 0.1) is 10.7 Å². The highest BCUT2D eigenvalue weighted by atomic mass is 32.2. The topological polar surface area (TPSA) is 85.7 Å². The van der Waals surface area contributed by atoms with E-state index in [1.54, 1.807) is 6.33 Å². The van der Waals surface area contributed by atoms with Crippen molar-refractivity contribution in [2.45, 2.75) is 37.5 Å². The van der Waals surface area contributed by atoms with Gasteiger partial charge in [-0.3, -0.25) is 4.78 Å². The highest BCUT2D eigenvalue weighted by Gasteiger charge is 2.27. The number of rotatable bonds is 6. The van der Waals surface area contributed by atoms with Crippen LogP contribution in [0.4, 0.5) is 5.82 Å². The van der Waals surface area contributed by atoms with Gasteiger partial charge in [0, 0.05) is 34.8 Å². The van der Waals surface area contributed by atoms with Gasteiger partial charge in [-0.2, -0.15) is 0 Å². The standard InChI is InChI=1S/C21H27N5OS/c1-26(21-19-11-12-23-20(19)24-15-25-21)18-9-7-17(8-10-18)14-28(22,27)13-16-5-3-2-4-6-16/h2-6,11-12,15,17-18,22H,7-10,13-14H2,1H3,(H,23,24,25)/t17?,18?,28-/m0/s1. The quantitative estimate of drug-likeness (QED) is 0.653. The molecule has 0 radical (unpaired) electrons. The fraction of sp³-hybridized carbons (Fsp3) is 0.429. The van der Waals surface area contributed by atoms with E-state index in [2.05, 4.69) is 26.9 Å². The predicted octanol–water partition coefficient (Wildman–Crippen LogP) is 4.20. The first-order valence-electron chi connectivity index (χ1n) is 9.81. The van der Waals surface area contributed by atoms with Gasteiger partial charge in [0.15, 0.2) is 0 Å². The molecular formula is C21H27N5OS. The molecule has 1 fully saturated rings. The van der Waals surface area contributed by atoms with Crippen LogP contribution in [0.5, 0.6) is 0 Å². The Balaban J connectivity index is 1.36. The van der Waals surface area contributed by atoms with Gasteiger partial charge in [0.25, 0.3) is 0 Å². The van der Waals surface area contributed by atoms with E-state index in [4.69, 9.17) is 4.78 Å². The maximum Gasteiger partial charge on any atom is 0.142 e. The molecule has 3 aromatic rings. The van der Waals surface area contributed by atoms with Crippen LogP contribution in [0.25, 0.3) is 11.0 Å². The molecule has 0 aliphatic heterocycles. The monoisotopic (exact) mass is 397 g/mol. The molecule has 0 saturated heterocycles. The first-order valence-corrected chi connectivity index (χ1v) is 11.7. The second-order valence-electron chi connectivity index (χ2n) is 7.83. The van der Waals surface area contributed by atoms with Gasteiger partial charge in [-0.15, -0.1) is 0 Å². The smallest absolute Gasteiger partial charge is 0.142 e. The Morgan fingerprint density at radius 3 is 2.64 bits per heavy atom. The normalized spacial score (nSPS) is 22.0. The van der Waals surface area contributed by atoms with Crippen molar-refractivity contribution in [1.29, 1.82) is 4.78 Å². The number of anilines is 1. The summed E-state index contributed by atoms with van der Waals surface area (Å²) in [6.45, 7) is 0. The van der Waals surface area contributed by atoms with E-state index in [-0.39, 0.29) is 0 Å². The lowest BCUT2D eigenvalue weighted by Gasteiger charge is -2.35. The molecule has 1 aliphatic rings. The largest absolute Gasteiger partial charge is 0.356 e. The van der Waals surface area contributed by atoms with E-state index in [1.807, 2.05) is 42.6 Å².